The van der Waals surface area contributed by atoms with Crippen molar-refractivity contribution in [1.29, 1.82) is 0 Å². The van der Waals surface area contributed by atoms with E-state index in [1.54, 1.807) is 6.20 Å². The van der Waals surface area contributed by atoms with Gasteiger partial charge in [0.15, 0.2) is 0 Å². The van der Waals surface area contributed by atoms with Crippen LogP contribution in [0.15, 0.2) is 66.0 Å². The predicted molar refractivity (Wildman–Crippen MR) is 106 cm³/mol. The number of benzene rings is 1. The van der Waals surface area contributed by atoms with Gasteiger partial charge in [-0.05, 0) is 35.4 Å². The van der Waals surface area contributed by atoms with Crippen LogP contribution in [-0.2, 0) is 11.3 Å². The van der Waals surface area contributed by atoms with E-state index in [1.807, 2.05) is 18.5 Å². The maximum atomic E-state index is 5.45. The van der Waals surface area contributed by atoms with Crippen LogP contribution in [0.1, 0.15) is 16.7 Å². The molecule has 0 N–H and O–H groups in total. The molecule has 5 heteroatoms. The second-order valence-electron chi connectivity index (χ2n) is 6.78. The molecule has 1 saturated heterocycles. The molecule has 134 valence electrons. The van der Waals surface area contributed by atoms with Crippen LogP contribution in [0.5, 0.6) is 0 Å². The zero-order chi connectivity index (χ0) is 18.1. The van der Waals surface area contributed by atoms with Gasteiger partial charge in [-0.1, -0.05) is 18.2 Å². The molecule has 0 spiro atoms. The van der Waals surface area contributed by atoms with Crippen LogP contribution in [0.4, 0.5) is 5.82 Å². The second-order valence-corrected chi connectivity index (χ2v) is 6.78. The van der Waals surface area contributed by atoms with Gasteiger partial charge < -0.3 is 9.64 Å². The number of nitrogens with zero attached hydrogens (tertiary/aromatic N) is 4. The quantitative estimate of drug-likeness (QED) is 0.722. The number of rotatable bonds is 3. The van der Waals surface area contributed by atoms with Crippen molar-refractivity contribution in [1.82, 2.24) is 9.97 Å². The molecule has 27 heavy (non-hydrogen) atoms. The molecular formula is C22H20N4O. The average Bonchev–Trinajstić information content (AvgIpc) is 3.18. The molecule has 0 radical (unpaired) electrons. The fraction of sp³-hybridized carbons (Fsp3) is 0.227. The number of fused-ring (bicyclic) bond motifs is 1. The van der Waals surface area contributed by atoms with Crippen molar-refractivity contribution in [3.63, 3.8) is 0 Å². The first kappa shape index (κ1) is 16.1. The number of ether oxygens (including phenoxy) is 1. The molecule has 3 aromatic rings. The summed E-state index contributed by atoms with van der Waals surface area (Å²) >= 11 is 0. The summed E-state index contributed by atoms with van der Waals surface area (Å²) < 4.78 is 5.45. The van der Waals surface area contributed by atoms with Crippen molar-refractivity contribution in [2.45, 2.75) is 6.54 Å². The minimum absolute atomic E-state index is 0.729. The molecule has 1 fully saturated rings. The summed E-state index contributed by atoms with van der Waals surface area (Å²) in [4.78, 5) is 15.9. The third-order valence-corrected chi connectivity index (χ3v) is 5.12. The number of aromatic nitrogens is 2. The lowest BCUT2D eigenvalue weighted by molar-refractivity contribution is 0.122. The molecule has 0 bridgehead atoms. The minimum Gasteiger partial charge on any atom is -0.378 e. The van der Waals surface area contributed by atoms with Crippen LogP contribution in [-0.4, -0.2) is 42.0 Å². The van der Waals surface area contributed by atoms with Gasteiger partial charge in [-0.3, -0.25) is 9.98 Å². The zero-order valence-electron chi connectivity index (χ0n) is 15.0. The van der Waals surface area contributed by atoms with E-state index in [0.29, 0.717) is 0 Å². The summed E-state index contributed by atoms with van der Waals surface area (Å²) in [5.74, 6) is 0.996. The Balaban J connectivity index is 1.50. The summed E-state index contributed by atoms with van der Waals surface area (Å²) in [6.07, 6.45) is 5.58. The predicted octanol–water partition coefficient (Wildman–Crippen LogP) is 3.33. The lowest BCUT2D eigenvalue weighted by Crippen LogP contribution is -2.36. The molecule has 0 saturated carbocycles. The summed E-state index contributed by atoms with van der Waals surface area (Å²) in [6.45, 7) is 4.00. The standard InChI is InChI=1S/C22H20N4O/c1-2-18(14-23-6-1)16-3-4-19-15-25-22(20(19)12-16)17-5-7-24-21(13-17)26-8-10-27-11-9-26/h1-7,12-14H,8-11,15H2. The van der Waals surface area contributed by atoms with Crippen LogP contribution >= 0.6 is 0 Å². The maximum Gasteiger partial charge on any atom is 0.129 e. The van der Waals surface area contributed by atoms with Crippen molar-refractivity contribution in [2.24, 2.45) is 4.99 Å². The van der Waals surface area contributed by atoms with Crippen LogP contribution in [0.3, 0.4) is 0 Å². The van der Waals surface area contributed by atoms with Crippen molar-refractivity contribution in [2.75, 3.05) is 31.2 Å². The topological polar surface area (TPSA) is 50.6 Å². The fourth-order valence-electron chi connectivity index (χ4n) is 3.68. The largest absolute Gasteiger partial charge is 0.378 e. The van der Waals surface area contributed by atoms with Gasteiger partial charge in [-0.25, -0.2) is 4.98 Å². The van der Waals surface area contributed by atoms with Crippen LogP contribution in [0.2, 0.25) is 0 Å². The summed E-state index contributed by atoms with van der Waals surface area (Å²) in [7, 11) is 0. The molecule has 1 aromatic carbocycles. The summed E-state index contributed by atoms with van der Waals surface area (Å²) in [5.41, 5.74) is 6.92. The molecule has 5 rings (SSSR count). The van der Waals surface area contributed by atoms with Crippen LogP contribution < -0.4 is 4.90 Å². The zero-order valence-corrected chi connectivity index (χ0v) is 15.0. The van der Waals surface area contributed by atoms with Crippen molar-refractivity contribution >= 4 is 11.5 Å². The number of pyridine rings is 2. The first-order valence-electron chi connectivity index (χ1n) is 9.26. The number of anilines is 1. The summed E-state index contributed by atoms with van der Waals surface area (Å²) in [5, 5.41) is 0. The third kappa shape index (κ3) is 3.11. The number of aliphatic imine (C=N–C) groups is 1. The Labute approximate surface area is 158 Å². The Morgan fingerprint density at radius 3 is 2.67 bits per heavy atom. The van der Waals surface area contributed by atoms with E-state index in [4.69, 9.17) is 9.73 Å². The van der Waals surface area contributed by atoms with E-state index in [0.717, 1.165) is 55.5 Å². The SMILES string of the molecule is c1cncc(-c2ccc3c(c2)C(c2ccnc(N4CCOCC4)c2)=NC3)c1. The molecular weight excluding hydrogens is 336 g/mol. The normalized spacial score (nSPS) is 16.1. The van der Waals surface area contributed by atoms with Gasteiger partial charge in [0, 0.05) is 48.4 Å². The van der Waals surface area contributed by atoms with Crippen molar-refractivity contribution < 1.29 is 4.74 Å². The average molecular weight is 356 g/mol. The first-order valence-corrected chi connectivity index (χ1v) is 9.26. The Morgan fingerprint density at radius 1 is 0.889 bits per heavy atom. The van der Waals surface area contributed by atoms with Gasteiger partial charge in [0.25, 0.3) is 0 Å². The highest BCUT2D eigenvalue weighted by atomic mass is 16.5. The Bertz CT molecular complexity index is 994. The van der Waals surface area contributed by atoms with E-state index in [-0.39, 0.29) is 0 Å². The van der Waals surface area contributed by atoms with E-state index in [9.17, 15) is 0 Å². The van der Waals surface area contributed by atoms with Crippen molar-refractivity contribution in [3.05, 3.63) is 77.7 Å². The van der Waals surface area contributed by atoms with Gasteiger partial charge >= 0.3 is 0 Å². The van der Waals surface area contributed by atoms with Gasteiger partial charge in [0.1, 0.15) is 5.82 Å². The van der Waals surface area contributed by atoms with Gasteiger partial charge in [-0.15, -0.1) is 0 Å². The summed E-state index contributed by atoms with van der Waals surface area (Å²) in [6, 6.07) is 14.8. The van der Waals surface area contributed by atoms with Gasteiger partial charge in [-0.2, -0.15) is 0 Å². The van der Waals surface area contributed by atoms with Gasteiger partial charge in [0.2, 0.25) is 0 Å². The highest BCUT2D eigenvalue weighted by molar-refractivity contribution is 6.15. The van der Waals surface area contributed by atoms with Crippen molar-refractivity contribution in [3.8, 4) is 11.1 Å². The molecule has 2 aliphatic rings. The van der Waals surface area contributed by atoms with E-state index < -0.39 is 0 Å². The van der Waals surface area contributed by atoms with Crippen LogP contribution in [0.25, 0.3) is 11.1 Å². The number of hydrogen-bond acceptors (Lipinski definition) is 5. The molecule has 0 aliphatic carbocycles. The molecule has 0 unspecified atom stereocenters. The smallest absolute Gasteiger partial charge is 0.129 e. The highest BCUT2D eigenvalue weighted by Crippen LogP contribution is 2.29. The minimum atomic E-state index is 0.729. The van der Waals surface area contributed by atoms with E-state index in [2.05, 4.69) is 51.3 Å². The van der Waals surface area contributed by atoms with Crippen LogP contribution in [0, 0.1) is 0 Å². The third-order valence-electron chi connectivity index (χ3n) is 5.12. The van der Waals surface area contributed by atoms with E-state index >= 15 is 0 Å². The van der Waals surface area contributed by atoms with E-state index in [1.165, 1.54) is 16.7 Å². The number of morpholine rings is 1. The fourth-order valence-corrected chi connectivity index (χ4v) is 3.68. The Hall–Kier alpha value is -3.05. The molecule has 0 atom stereocenters. The Kier molecular flexibility index (Phi) is 4.14. The molecule has 4 heterocycles. The first-order chi connectivity index (χ1) is 13.4. The Morgan fingerprint density at radius 2 is 1.81 bits per heavy atom. The molecule has 2 aromatic heterocycles. The lowest BCUT2D eigenvalue weighted by Gasteiger charge is -2.28. The molecule has 5 nitrogen and oxygen atoms in total. The van der Waals surface area contributed by atoms with Gasteiger partial charge in [0.05, 0.1) is 25.5 Å². The second kappa shape index (κ2) is 6.93. The lowest BCUT2D eigenvalue weighted by atomic mass is 9.96. The monoisotopic (exact) mass is 356 g/mol. The highest BCUT2D eigenvalue weighted by Gasteiger charge is 2.20. The number of hydrogen-bond donors (Lipinski definition) is 0. The maximum absolute atomic E-state index is 5.45. The molecule has 0 amide bonds. The molecule has 2 aliphatic heterocycles.